The number of nitrogens with zero attached hydrogens (tertiary/aromatic N) is 2. The van der Waals surface area contributed by atoms with Crippen LogP contribution in [0.15, 0.2) is 132 Å². The predicted molar refractivity (Wildman–Crippen MR) is 392 cm³/mol. The van der Waals surface area contributed by atoms with E-state index in [1.165, 1.54) is 0 Å². The van der Waals surface area contributed by atoms with Crippen LogP contribution in [0.2, 0.25) is 0 Å². The van der Waals surface area contributed by atoms with Gasteiger partial charge in [-0.3, -0.25) is 48.3 Å². The van der Waals surface area contributed by atoms with Crippen LogP contribution in [0, 0.1) is 5.92 Å². The van der Waals surface area contributed by atoms with Crippen molar-refractivity contribution >= 4 is 97.9 Å². The molecule has 102 heavy (non-hydrogen) atoms. The third-order valence-corrected chi connectivity index (χ3v) is 17.9. The molecule has 0 saturated heterocycles. The first-order valence-corrected chi connectivity index (χ1v) is 34.7. The lowest BCUT2D eigenvalue weighted by Gasteiger charge is -2.30. The minimum Gasteiger partial charge on any atom is -0.480 e. The maximum Gasteiger partial charge on any atom is 0.326 e. The minimum absolute atomic E-state index is 0.00397. The van der Waals surface area contributed by atoms with E-state index in [2.05, 4.69) is 67.5 Å². The number of benzene rings is 4. The fraction of sp³-hybridized carbons (Fsp3) is 0.431. The third-order valence-electron chi connectivity index (χ3n) is 17.9. The van der Waals surface area contributed by atoms with Crippen LogP contribution in [0.1, 0.15) is 107 Å². The van der Waals surface area contributed by atoms with Crippen LogP contribution in [-0.4, -0.2) is 166 Å². The van der Waals surface area contributed by atoms with Crippen LogP contribution < -0.4 is 82.7 Å². The molecule has 0 unspecified atom stereocenters. The Morgan fingerprint density at radius 1 is 0.412 bits per heavy atom. The zero-order chi connectivity index (χ0) is 73.7. The summed E-state index contributed by atoms with van der Waals surface area (Å²) in [6.07, 6.45) is 7.55. The molecule has 7 rings (SSSR count). The Bertz CT molecular complexity index is 3990. The number of guanidine groups is 2. The van der Waals surface area contributed by atoms with Crippen molar-refractivity contribution in [2.24, 2.45) is 56.0 Å². The monoisotopic (exact) mass is 1400 g/mol. The van der Waals surface area contributed by atoms with E-state index in [-0.39, 0.29) is 89.3 Å². The molecule has 0 radical (unpaired) electrons. The number of rotatable bonds is 43. The summed E-state index contributed by atoms with van der Waals surface area (Å²) in [6.45, 7) is 4.25. The van der Waals surface area contributed by atoms with Gasteiger partial charge in [0.2, 0.25) is 47.3 Å². The summed E-state index contributed by atoms with van der Waals surface area (Å²) in [5.41, 5.74) is 45.5. The van der Waals surface area contributed by atoms with Crippen molar-refractivity contribution < 1.29 is 48.3 Å². The lowest BCUT2D eigenvalue weighted by atomic mass is 9.96. The number of aromatic nitrogens is 3. The van der Waals surface area contributed by atoms with Gasteiger partial charge in [0.15, 0.2) is 11.9 Å². The van der Waals surface area contributed by atoms with Gasteiger partial charge < -0.3 is 103 Å². The summed E-state index contributed by atoms with van der Waals surface area (Å²) in [6, 6.07) is 18.8. The van der Waals surface area contributed by atoms with Crippen molar-refractivity contribution in [3.05, 3.63) is 144 Å². The van der Waals surface area contributed by atoms with Crippen molar-refractivity contribution in [3.63, 3.8) is 0 Å². The van der Waals surface area contributed by atoms with Crippen LogP contribution in [0.5, 0.6) is 0 Å². The summed E-state index contributed by atoms with van der Waals surface area (Å²) in [5, 5.41) is 35.3. The van der Waals surface area contributed by atoms with E-state index in [9.17, 15) is 33.9 Å². The molecule has 3 aromatic heterocycles. The summed E-state index contributed by atoms with van der Waals surface area (Å²) in [7, 11) is 0. The first kappa shape index (κ1) is 78.5. The average molecular weight is 1410 g/mol. The first-order valence-electron chi connectivity index (χ1n) is 34.7. The van der Waals surface area contributed by atoms with Gasteiger partial charge in [-0.05, 0) is 117 Å². The zero-order valence-corrected chi connectivity index (χ0v) is 57.8. The molecule has 0 saturated carbocycles. The fourth-order valence-corrected chi connectivity index (χ4v) is 12.0. The predicted octanol–water partition coefficient (Wildman–Crippen LogP) is 1.10. The number of aliphatic imine (C=N–C) groups is 2. The molecule has 30 nitrogen and oxygen atoms in total. The van der Waals surface area contributed by atoms with Gasteiger partial charge >= 0.3 is 5.97 Å². The number of aromatic amines is 3. The molecule has 3 heterocycles. The normalized spacial score (nSPS) is 14.2. The number of carbonyl (C=O) groups is 9. The number of nitrogens with two attached hydrogens (primary N) is 7. The van der Waals surface area contributed by atoms with E-state index < -0.39 is 114 Å². The van der Waals surface area contributed by atoms with Crippen molar-refractivity contribution in [1.82, 2.24) is 57.5 Å². The molecule has 26 N–H and O–H groups in total. The summed E-state index contributed by atoms with van der Waals surface area (Å²) >= 11 is 0. The van der Waals surface area contributed by atoms with Gasteiger partial charge in [0, 0.05) is 90.1 Å². The van der Waals surface area contributed by atoms with E-state index in [1.54, 1.807) is 61.9 Å². The smallest absolute Gasteiger partial charge is 0.326 e. The molecule has 30 heteroatoms. The first-order chi connectivity index (χ1) is 49.1. The summed E-state index contributed by atoms with van der Waals surface area (Å²) in [4.78, 5) is 149. The second-order valence-corrected chi connectivity index (χ2v) is 25.6. The fourth-order valence-electron chi connectivity index (χ4n) is 12.0. The lowest BCUT2D eigenvalue weighted by molar-refractivity contribution is -0.142. The van der Waals surface area contributed by atoms with Crippen LogP contribution in [0.3, 0.4) is 0 Å². The van der Waals surface area contributed by atoms with Crippen molar-refractivity contribution in [2.45, 2.75) is 165 Å². The SMILES string of the molecule is CC[C@H](C)[C@H](NC(=O)[C@H](CCCCN)NC(=O)[C@H](Cc1c[nH]c2ccccc12)NC(=O)[C@@H](N)CCCCN)C(=O)N[C@@H](Cc1ccccc1)C(=O)N[C@@H](CCCN=C(N)N)C(=O)N[C@@H](CCCN=C(N)N)C(=O)N[C@@H](Cc1c[nH]c2ccccc12)C(=O)N[C@@H](Cc1c[nH]c2ccccc12)C(=O)O. The zero-order valence-electron chi connectivity index (χ0n) is 57.8. The highest BCUT2D eigenvalue weighted by Crippen LogP contribution is 2.24. The lowest BCUT2D eigenvalue weighted by Crippen LogP contribution is -2.61. The molecule has 0 aliphatic heterocycles. The van der Waals surface area contributed by atoms with E-state index in [4.69, 9.17) is 40.1 Å². The van der Waals surface area contributed by atoms with Crippen LogP contribution in [0.4, 0.5) is 0 Å². The Labute approximate surface area is 591 Å². The van der Waals surface area contributed by atoms with Crippen LogP contribution in [0.25, 0.3) is 32.7 Å². The molecular formula is C72H100N20O10. The number of carbonyl (C=O) groups excluding carboxylic acids is 8. The molecule has 10 atom stereocenters. The van der Waals surface area contributed by atoms with Gasteiger partial charge in [-0.15, -0.1) is 0 Å². The molecule has 0 fully saturated rings. The van der Waals surface area contributed by atoms with Gasteiger partial charge in [-0.2, -0.15) is 0 Å². The van der Waals surface area contributed by atoms with E-state index in [0.717, 1.165) is 32.7 Å². The average Bonchev–Trinajstić information content (AvgIpc) is 1.69. The van der Waals surface area contributed by atoms with Crippen molar-refractivity contribution in [2.75, 3.05) is 26.2 Å². The van der Waals surface area contributed by atoms with Crippen LogP contribution >= 0.6 is 0 Å². The van der Waals surface area contributed by atoms with Gasteiger partial charge in [-0.1, -0.05) is 112 Å². The Balaban J connectivity index is 1.15. The molecule has 0 bridgehead atoms. The second-order valence-electron chi connectivity index (χ2n) is 25.6. The van der Waals surface area contributed by atoms with Crippen LogP contribution in [-0.2, 0) is 68.8 Å². The largest absolute Gasteiger partial charge is 0.480 e. The highest BCUT2D eigenvalue weighted by Gasteiger charge is 2.37. The molecule has 4 aromatic carbocycles. The topological polar surface area (TPSA) is 524 Å². The van der Waals surface area contributed by atoms with E-state index in [0.29, 0.717) is 67.3 Å². The third kappa shape index (κ3) is 23.6. The maximum atomic E-state index is 15.1. The molecule has 8 amide bonds. The number of carboxylic acid groups (broad SMARTS) is 1. The number of hydrogen-bond donors (Lipinski definition) is 19. The Morgan fingerprint density at radius 3 is 1.18 bits per heavy atom. The Morgan fingerprint density at radius 2 is 0.755 bits per heavy atom. The number of hydrogen-bond acceptors (Lipinski definition) is 14. The minimum atomic E-state index is -1.46. The van der Waals surface area contributed by atoms with Gasteiger partial charge in [0.25, 0.3) is 0 Å². The highest BCUT2D eigenvalue weighted by molar-refractivity contribution is 5.99. The second kappa shape index (κ2) is 39.8. The molecule has 0 spiro atoms. The highest BCUT2D eigenvalue weighted by atomic mass is 16.4. The number of amides is 8. The number of H-pyrrole nitrogens is 3. The summed E-state index contributed by atoms with van der Waals surface area (Å²) < 4.78 is 0. The maximum absolute atomic E-state index is 15.1. The Kier molecular flexibility index (Phi) is 30.6. The molecule has 0 aliphatic carbocycles. The standard InChI is InChI=1S/C72H100N20O10/c1-3-42(2)61(92-65(96)54(28-14-16-32-74)86-67(98)58(88-62(93)50(75)24-13-15-31-73)36-44-39-82-51-25-10-7-21-47(44)51)69(100)90-57(35-43-19-5-4-6-20-43)66(97)87-55(29-17-33-80-71(76)77)63(94)85-56(30-18-34-81-72(78)79)64(95)89-59(37-45-40-83-52-26-11-8-22-48(45)52)68(99)91-60(70(101)102)38-46-41-84-53-27-12-9-23-49(46)53/h4-12,19-23,25-27,39-42,50,54-61,82-84H,3,13-18,24,28-38,73-75H2,1-2H3,(H,85,94)(H,86,98)(H,87,97)(H,88,93)(H,89,95)(H,90,100)(H,91,99)(H,92,96)(H,101,102)(H4,76,77,80)(H4,78,79,81)/t42-,50-,54-,55-,56-,57-,58-,59-,60-,61-/m0/s1. The van der Waals surface area contributed by atoms with Gasteiger partial charge in [0.05, 0.1) is 6.04 Å². The van der Waals surface area contributed by atoms with Crippen molar-refractivity contribution in [1.29, 1.82) is 0 Å². The number of aliphatic carboxylic acids is 1. The number of unbranched alkanes of at least 4 members (excludes halogenated alkanes) is 2. The quantitative estimate of drug-likeness (QED) is 0.0145. The number of fused-ring (bicyclic) bond motifs is 3. The number of carboxylic acids is 1. The Hall–Kier alpha value is -10.9. The van der Waals surface area contributed by atoms with Gasteiger partial charge in [-0.25, -0.2) is 4.79 Å². The molecule has 548 valence electrons. The van der Waals surface area contributed by atoms with E-state index >= 15 is 14.4 Å². The summed E-state index contributed by atoms with van der Waals surface area (Å²) in [5.74, 6) is -8.57. The molecule has 7 aromatic rings. The van der Waals surface area contributed by atoms with E-state index in [1.807, 2.05) is 73.7 Å². The molecular weight excluding hydrogens is 1300 g/mol. The van der Waals surface area contributed by atoms with Crippen molar-refractivity contribution in [3.8, 4) is 0 Å². The molecule has 0 aliphatic rings. The van der Waals surface area contributed by atoms with Gasteiger partial charge in [0.1, 0.15) is 48.3 Å². The number of nitrogens with one attached hydrogen (secondary N) is 11. The number of para-hydroxylation sites is 3.